The number of benzene rings is 2. The molecule has 21 heavy (non-hydrogen) atoms. The van der Waals surface area contributed by atoms with Crippen molar-refractivity contribution < 1.29 is 8.78 Å². The van der Waals surface area contributed by atoms with Gasteiger partial charge < -0.3 is 5.73 Å². The van der Waals surface area contributed by atoms with Gasteiger partial charge in [0.2, 0.25) is 0 Å². The van der Waals surface area contributed by atoms with Crippen LogP contribution in [-0.2, 0) is 5.41 Å². The van der Waals surface area contributed by atoms with Crippen LogP contribution in [0, 0.1) is 11.6 Å². The van der Waals surface area contributed by atoms with Gasteiger partial charge in [-0.15, -0.1) is 0 Å². The first-order chi connectivity index (χ1) is 10.0. The minimum atomic E-state index is -0.588. The molecule has 0 aliphatic rings. The van der Waals surface area contributed by atoms with E-state index < -0.39 is 17.7 Å². The number of halogens is 2. The van der Waals surface area contributed by atoms with Gasteiger partial charge in [-0.3, -0.25) is 0 Å². The Morgan fingerprint density at radius 1 is 0.952 bits per heavy atom. The van der Waals surface area contributed by atoms with Gasteiger partial charge in [-0.2, -0.15) is 0 Å². The van der Waals surface area contributed by atoms with Gasteiger partial charge in [0.25, 0.3) is 0 Å². The standard InChI is InChI=1S/C18H21F2N/c1-3-18(4-2,14-8-6-5-7-9-14)17(21)13-10-15(19)12-16(20)11-13/h5-12,17H,3-4,21H2,1-2H3. The zero-order chi connectivity index (χ0) is 15.5. The molecule has 1 unspecified atom stereocenters. The van der Waals surface area contributed by atoms with Crippen LogP contribution in [0.2, 0.25) is 0 Å². The molecule has 0 amide bonds. The fraction of sp³-hybridized carbons (Fsp3) is 0.333. The van der Waals surface area contributed by atoms with Gasteiger partial charge in [-0.25, -0.2) is 8.78 Å². The minimum absolute atomic E-state index is 0.332. The Bertz CT molecular complexity index is 571. The maximum absolute atomic E-state index is 13.5. The van der Waals surface area contributed by atoms with E-state index in [-0.39, 0.29) is 5.41 Å². The third kappa shape index (κ3) is 2.98. The molecule has 3 heteroatoms. The van der Waals surface area contributed by atoms with Crippen LogP contribution < -0.4 is 5.73 Å². The molecule has 112 valence electrons. The summed E-state index contributed by atoms with van der Waals surface area (Å²) < 4.78 is 27.0. The lowest BCUT2D eigenvalue weighted by Gasteiger charge is -2.38. The van der Waals surface area contributed by atoms with E-state index in [0.717, 1.165) is 24.5 Å². The van der Waals surface area contributed by atoms with E-state index in [0.29, 0.717) is 5.56 Å². The first-order valence-electron chi connectivity index (χ1n) is 7.30. The predicted octanol–water partition coefficient (Wildman–Crippen LogP) is 4.72. The Morgan fingerprint density at radius 3 is 1.95 bits per heavy atom. The molecule has 2 aromatic carbocycles. The van der Waals surface area contributed by atoms with Crippen LogP contribution in [0.25, 0.3) is 0 Å². The van der Waals surface area contributed by atoms with Crippen LogP contribution in [0.4, 0.5) is 8.78 Å². The van der Waals surface area contributed by atoms with Crippen molar-refractivity contribution in [3.05, 3.63) is 71.3 Å². The van der Waals surface area contributed by atoms with Crippen molar-refractivity contribution in [3.8, 4) is 0 Å². The third-order valence-corrected chi connectivity index (χ3v) is 4.45. The fourth-order valence-corrected chi connectivity index (χ4v) is 3.12. The van der Waals surface area contributed by atoms with E-state index in [1.54, 1.807) is 0 Å². The van der Waals surface area contributed by atoms with Crippen LogP contribution in [0.5, 0.6) is 0 Å². The molecule has 0 aliphatic carbocycles. The lowest BCUT2D eigenvalue weighted by molar-refractivity contribution is 0.320. The molecule has 0 aliphatic heterocycles. The molecule has 2 rings (SSSR count). The van der Waals surface area contributed by atoms with E-state index in [9.17, 15) is 8.78 Å². The van der Waals surface area contributed by atoms with Gasteiger partial charge in [0, 0.05) is 17.5 Å². The number of rotatable bonds is 5. The molecule has 0 radical (unpaired) electrons. The van der Waals surface area contributed by atoms with Gasteiger partial charge in [-0.1, -0.05) is 44.2 Å². The number of hydrogen-bond acceptors (Lipinski definition) is 1. The highest BCUT2D eigenvalue weighted by molar-refractivity contribution is 5.33. The molecule has 0 heterocycles. The van der Waals surface area contributed by atoms with Crippen molar-refractivity contribution in [2.75, 3.05) is 0 Å². The zero-order valence-corrected chi connectivity index (χ0v) is 12.4. The summed E-state index contributed by atoms with van der Waals surface area (Å²) in [4.78, 5) is 0. The maximum atomic E-state index is 13.5. The monoisotopic (exact) mass is 289 g/mol. The zero-order valence-electron chi connectivity index (χ0n) is 12.4. The van der Waals surface area contributed by atoms with Crippen LogP contribution in [0.3, 0.4) is 0 Å². The summed E-state index contributed by atoms with van der Waals surface area (Å²) in [5.41, 5.74) is 7.70. The molecule has 2 N–H and O–H groups in total. The predicted molar refractivity (Wildman–Crippen MR) is 82.0 cm³/mol. The third-order valence-electron chi connectivity index (χ3n) is 4.45. The molecule has 0 aromatic heterocycles. The molecule has 1 nitrogen and oxygen atoms in total. The second kappa shape index (κ2) is 6.35. The van der Waals surface area contributed by atoms with E-state index in [2.05, 4.69) is 13.8 Å². The lowest BCUT2D eigenvalue weighted by atomic mass is 9.68. The smallest absolute Gasteiger partial charge is 0.126 e. The Hall–Kier alpha value is -1.74. The van der Waals surface area contributed by atoms with Gasteiger partial charge >= 0.3 is 0 Å². The topological polar surface area (TPSA) is 26.0 Å². The van der Waals surface area contributed by atoms with Crippen LogP contribution >= 0.6 is 0 Å². The van der Waals surface area contributed by atoms with Crippen LogP contribution in [0.1, 0.15) is 43.9 Å². The summed E-state index contributed by atoms with van der Waals surface area (Å²) in [7, 11) is 0. The average molecular weight is 289 g/mol. The number of nitrogens with two attached hydrogens (primary N) is 1. The molecule has 0 fully saturated rings. The molecule has 1 atom stereocenters. The highest BCUT2D eigenvalue weighted by Gasteiger charge is 2.36. The van der Waals surface area contributed by atoms with Gasteiger partial charge in [0.15, 0.2) is 0 Å². The second-order valence-electron chi connectivity index (χ2n) is 5.41. The molecule has 0 spiro atoms. The Morgan fingerprint density at radius 2 is 1.48 bits per heavy atom. The largest absolute Gasteiger partial charge is 0.323 e. The molecule has 0 saturated carbocycles. The minimum Gasteiger partial charge on any atom is -0.323 e. The molecule has 0 saturated heterocycles. The van der Waals surface area contributed by atoms with Crippen molar-refractivity contribution in [2.45, 2.75) is 38.1 Å². The van der Waals surface area contributed by atoms with E-state index in [1.165, 1.54) is 12.1 Å². The molecule has 2 aromatic rings. The van der Waals surface area contributed by atoms with Crippen molar-refractivity contribution in [1.29, 1.82) is 0 Å². The first-order valence-corrected chi connectivity index (χ1v) is 7.30. The first kappa shape index (κ1) is 15.6. The number of hydrogen-bond donors (Lipinski definition) is 1. The normalized spacial score (nSPS) is 13.2. The average Bonchev–Trinajstić information content (AvgIpc) is 2.49. The molecular formula is C18H21F2N. The summed E-state index contributed by atoms with van der Waals surface area (Å²) in [5, 5.41) is 0. The maximum Gasteiger partial charge on any atom is 0.126 e. The van der Waals surface area contributed by atoms with Crippen molar-refractivity contribution >= 4 is 0 Å². The summed E-state index contributed by atoms with van der Waals surface area (Å²) in [5.74, 6) is -1.18. The highest BCUT2D eigenvalue weighted by atomic mass is 19.1. The fourth-order valence-electron chi connectivity index (χ4n) is 3.12. The van der Waals surface area contributed by atoms with Crippen molar-refractivity contribution in [3.63, 3.8) is 0 Å². The lowest BCUT2D eigenvalue weighted by Crippen LogP contribution is -2.38. The quantitative estimate of drug-likeness (QED) is 0.846. The summed E-state index contributed by atoms with van der Waals surface area (Å²) >= 11 is 0. The van der Waals surface area contributed by atoms with E-state index >= 15 is 0 Å². The van der Waals surface area contributed by atoms with Crippen molar-refractivity contribution in [2.24, 2.45) is 5.73 Å². The van der Waals surface area contributed by atoms with Crippen molar-refractivity contribution in [1.82, 2.24) is 0 Å². The van der Waals surface area contributed by atoms with E-state index in [4.69, 9.17) is 5.73 Å². The Balaban J connectivity index is 2.51. The van der Waals surface area contributed by atoms with Crippen LogP contribution in [-0.4, -0.2) is 0 Å². The van der Waals surface area contributed by atoms with Gasteiger partial charge in [-0.05, 0) is 36.1 Å². The Kier molecular flexibility index (Phi) is 4.73. The molecule has 0 bridgehead atoms. The van der Waals surface area contributed by atoms with E-state index in [1.807, 2.05) is 30.3 Å². The second-order valence-corrected chi connectivity index (χ2v) is 5.41. The summed E-state index contributed by atoms with van der Waals surface area (Å²) in [6, 6.07) is 13.0. The summed E-state index contributed by atoms with van der Waals surface area (Å²) in [6.45, 7) is 4.12. The molecular weight excluding hydrogens is 268 g/mol. The SMILES string of the molecule is CCC(CC)(c1ccccc1)C(N)c1cc(F)cc(F)c1. The van der Waals surface area contributed by atoms with Gasteiger partial charge in [0.05, 0.1) is 0 Å². The highest BCUT2D eigenvalue weighted by Crippen LogP contribution is 2.41. The van der Waals surface area contributed by atoms with Gasteiger partial charge in [0.1, 0.15) is 11.6 Å². The Labute approximate surface area is 124 Å². The van der Waals surface area contributed by atoms with Crippen LogP contribution in [0.15, 0.2) is 48.5 Å². The summed E-state index contributed by atoms with van der Waals surface area (Å²) in [6.07, 6.45) is 1.60.